The lowest BCUT2D eigenvalue weighted by Crippen LogP contribution is -2.49. The van der Waals surface area contributed by atoms with Crippen molar-refractivity contribution in [1.29, 1.82) is 0 Å². The number of imidazole rings is 1. The van der Waals surface area contributed by atoms with Crippen molar-refractivity contribution in [2.75, 3.05) is 31.1 Å². The van der Waals surface area contributed by atoms with Crippen LogP contribution in [0.5, 0.6) is 0 Å². The third kappa shape index (κ3) is 4.25. The van der Waals surface area contributed by atoms with Crippen LogP contribution in [0.2, 0.25) is 0 Å². The molecule has 8 heteroatoms. The smallest absolute Gasteiger partial charge is 0.254 e. The summed E-state index contributed by atoms with van der Waals surface area (Å²) in [5.41, 5.74) is 3.76. The van der Waals surface area contributed by atoms with Crippen molar-refractivity contribution in [3.05, 3.63) is 78.1 Å². The quantitative estimate of drug-likeness (QED) is 0.488. The number of piperazine rings is 1. The number of H-pyrrole nitrogens is 1. The predicted octanol–water partition coefficient (Wildman–Crippen LogP) is 3.61. The zero-order valence-electron chi connectivity index (χ0n) is 16.9. The Balaban J connectivity index is 1.26. The number of hydrogen-bond donors (Lipinski definition) is 1. The van der Waals surface area contributed by atoms with Gasteiger partial charge in [0.05, 0.1) is 11.0 Å². The van der Waals surface area contributed by atoms with Crippen molar-refractivity contribution in [3.63, 3.8) is 0 Å². The van der Waals surface area contributed by atoms with Gasteiger partial charge in [0.25, 0.3) is 5.91 Å². The van der Waals surface area contributed by atoms with Gasteiger partial charge in [-0.05, 0) is 29.8 Å². The Hall–Kier alpha value is -3.39. The molecule has 0 aliphatic carbocycles. The van der Waals surface area contributed by atoms with Crippen molar-refractivity contribution in [2.45, 2.75) is 10.9 Å². The van der Waals surface area contributed by atoms with Crippen LogP contribution in [0.1, 0.15) is 15.9 Å². The molecule has 0 spiro atoms. The third-order valence-electron chi connectivity index (χ3n) is 5.38. The number of para-hydroxylation sites is 2. The Morgan fingerprint density at radius 3 is 2.48 bits per heavy atom. The molecule has 156 valence electrons. The van der Waals surface area contributed by atoms with Crippen molar-refractivity contribution in [1.82, 2.24) is 24.8 Å². The van der Waals surface area contributed by atoms with Crippen LogP contribution in [0.4, 0.5) is 5.95 Å². The monoisotopic (exact) mass is 430 g/mol. The normalized spacial score (nSPS) is 14.2. The van der Waals surface area contributed by atoms with Crippen molar-refractivity contribution in [2.24, 2.45) is 0 Å². The lowest BCUT2D eigenvalue weighted by Gasteiger charge is -2.35. The molecule has 1 saturated heterocycles. The van der Waals surface area contributed by atoms with Crippen LogP contribution in [0, 0.1) is 0 Å². The Morgan fingerprint density at radius 2 is 1.68 bits per heavy atom. The van der Waals surface area contributed by atoms with Gasteiger partial charge in [0.1, 0.15) is 0 Å². The van der Waals surface area contributed by atoms with Crippen LogP contribution >= 0.6 is 11.8 Å². The summed E-state index contributed by atoms with van der Waals surface area (Å²) in [5.74, 6) is 1.48. The molecule has 31 heavy (non-hydrogen) atoms. The van der Waals surface area contributed by atoms with Gasteiger partial charge in [-0.3, -0.25) is 4.79 Å². The highest BCUT2D eigenvalue weighted by Crippen LogP contribution is 2.25. The van der Waals surface area contributed by atoms with Gasteiger partial charge in [-0.15, -0.1) is 0 Å². The summed E-state index contributed by atoms with van der Waals surface area (Å²) in [6.45, 7) is 2.77. The molecule has 0 saturated carbocycles. The summed E-state index contributed by atoms with van der Waals surface area (Å²) in [5, 5.41) is 0.861. The van der Waals surface area contributed by atoms with Crippen molar-refractivity contribution < 1.29 is 4.79 Å². The minimum Gasteiger partial charge on any atom is -0.337 e. The molecule has 1 aliphatic rings. The maximum atomic E-state index is 13.3. The Morgan fingerprint density at radius 1 is 0.935 bits per heavy atom. The number of nitrogens with one attached hydrogen (secondary N) is 1. The van der Waals surface area contributed by atoms with Gasteiger partial charge in [-0.1, -0.05) is 42.1 Å². The van der Waals surface area contributed by atoms with E-state index in [1.54, 1.807) is 24.2 Å². The van der Waals surface area contributed by atoms with Gasteiger partial charge in [0.15, 0.2) is 5.16 Å². The minimum absolute atomic E-state index is 0.0782. The highest BCUT2D eigenvalue weighted by atomic mass is 32.2. The highest BCUT2D eigenvalue weighted by Gasteiger charge is 2.24. The number of carbonyl (C=O) groups is 1. The third-order valence-corrected chi connectivity index (χ3v) is 6.30. The second-order valence-corrected chi connectivity index (χ2v) is 8.30. The van der Waals surface area contributed by atoms with Crippen LogP contribution < -0.4 is 4.90 Å². The first kappa shape index (κ1) is 19.6. The largest absolute Gasteiger partial charge is 0.337 e. The van der Waals surface area contributed by atoms with E-state index in [0.29, 0.717) is 18.8 Å². The standard InChI is InChI=1S/C23H22N6OS/c30-21(28-12-14-29(15-13-28)22-24-10-5-11-25-22)18-7-2-1-6-17(18)16-31-23-26-19-8-3-4-9-20(19)27-23/h1-11H,12-16H2,(H,26,27). The molecule has 2 aromatic heterocycles. The number of benzene rings is 2. The van der Waals surface area contributed by atoms with E-state index in [-0.39, 0.29) is 5.91 Å². The molecule has 4 aromatic rings. The van der Waals surface area contributed by atoms with Crippen LogP contribution in [-0.4, -0.2) is 56.9 Å². The molecule has 3 heterocycles. The minimum atomic E-state index is 0.0782. The summed E-state index contributed by atoms with van der Waals surface area (Å²) in [6, 6.07) is 17.6. The average molecular weight is 431 g/mol. The zero-order chi connectivity index (χ0) is 21.0. The van der Waals surface area contributed by atoms with E-state index in [1.165, 1.54) is 0 Å². The van der Waals surface area contributed by atoms with E-state index in [1.807, 2.05) is 59.5 Å². The maximum absolute atomic E-state index is 13.3. The summed E-state index contributed by atoms with van der Waals surface area (Å²) >= 11 is 1.61. The average Bonchev–Trinajstić information content (AvgIpc) is 3.26. The lowest BCUT2D eigenvalue weighted by atomic mass is 10.1. The number of fused-ring (bicyclic) bond motifs is 1. The van der Waals surface area contributed by atoms with Gasteiger partial charge in [-0.25, -0.2) is 15.0 Å². The van der Waals surface area contributed by atoms with Gasteiger partial charge >= 0.3 is 0 Å². The van der Waals surface area contributed by atoms with Crippen LogP contribution in [0.3, 0.4) is 0 Å². The van der Waals surface area contributed by atoms with Crippen LogP contribution in [0.15, 0.2) is 72.1 Å². The van der Waals surface area contributed by atoms with E-state index in [4.69, 9.17) is 0 Å². The fourth-order valence-corrected chi connectivity index (χ4v) is 4.62. The molecule has 1 aliphatic heterocycles. The second kappa shape index (κ2) is 8.77. The molecule has 0 radical (unpaired) electrons. The van der Waals surface area contributed by atoms with E-state index in [0.717, 1.165) is 46.4 Å². The molecule has 2 aromatic carbocycles. The number of nitrogens with zero attached hydrogens (tertiary/aromatic N) is 5. The second-order valence-electron chi connectivity index (χ2n) is 7.33. The molecule has 1 fully saturated rings. The number of amides is 1. The molecular formula is C23H22N6OS. The fraction of sp³-hybridized carbons (Fsp3) is 0.217. The zero-order valence-corrected chi connectivity index (χ0v) is 17.8. The molecule has 7 nitrogen and oxygen atoms in total. The Bertz CT molecular complexity index is 1150. The first-order valence-corrected chi connectivity index (χ1v) is 11.2. The molecule has 1 N–H and O–H groups in total. The van der Waals surface area contributed by atoms with Gasteiger partial charge in [0.2, 0.25) is 5.95 Å². The molecule has 1 amide bonds. The summed E-state index contributed by atoms with van der Waals surface area (Å²) in [6.07, 6.45) is 3.49. The first-order chi connectivity index (χ1) is 15.3. The van der Waals surface area contributed by atoms with Crippen LogP contribution in [-0.2, 0) is 5.75 Å². The lowest BCUT2D eigenvalue weighted by molar-refractivity contribution is 0.0745. The molecule has 5 rings (SSSR count). The van der Waals surface area contributed by atoms with Crippen molar-refractivity contribution in [3.8, 4) is 0 Å². The van der Waals surface area contributed by atoms with E-state index >= 15 is 0 Å². The number of aromatic amines is 1. The SMILES string of the molecule is O=C(c1ccccc1CSc1nc2ccccc2[nH]1)N1CCN(c2ncccn2)CC1. The molecule has 0 unspecified atom stereocenters. The van der Waals surface area contributed by atoms with Crippen molar-refractivity contribution >= 4 is 34.7 Å². The highest BCUT2D eigenvalue weighted by molar-refractivity contribution is 7.98. The van der Waals surface area contributed by atoms with Crippen LogP contribution in [0.25, 0.3) is 11.0 Å². The molecular weight excluding hydrogens is 408 g/mol. The summed E-state index contributed by atoms with van der Waals surface area (Å²) < 4.78 is 0. The number of hydrogen-bond acceptors (Lipinski definition) is 6. The number of rotatable bonds is 5. The number of aromatic nitrogens is 4. The van der Waals surface area contributed by atoms with E-state index in [9.17, 15) is 4.79 Å². The van der Waals surface area contributed by atoms with Gasteiger partial charge in [0, 0.05) is 49.9 Å². The number of anilines is 1. The van der Waals surface area contributed by atoms with Gasteiger partial charge < -0.3 is 14.8 Å². The fourth-order valence-electron chi connectivity index (χ4n) is 3.73. The molecule has 0 bridgehead atoms. The predicted molar refractivity (Wildman–Crippen MR) is 122 cm³/mol. The Labute approximate surface area is 184 Å². The summed E-state index contributed by atoms with van der Waals surface area (Å²) in [4.78, 5) is 33.9. The maximum Gasteiger partial charge on any atom is 0.254 e. The summed E-state index contributed by atoms with van der Waals surface area (Å²) in [7, 11) is 0. The number of carbonyl (C=O) groups excluding carboxylic acids is 1. The van der Waals surface area contributed by atoms with Gasteiger partial charge in [-0.2, -0.15) is 0 Å². The Kier molecular flexibility index (Phi) is 5.54. The first-order valence-electron chi connectivity index (χ1n) is 10.2. The van der Waals surface area contributed by atoms with E-state index < -0.39 is 0 Å². The number of thioether (sulfide) groups is 1. The topological polar surface area (TPSA) is 78.0 Å². The molecule has 0 atom stereocenters. The van der Waals surface area contributed by atoms with E-state index in [2.05, 4.69) is 24.8 Å².